The summed E-state index contributed by atoms with van der Waals surface area (Å²) >= 11 is 0. The predicted octanol–water partition coefficient (Wildman–Crippen LogP) is 0.681. The van der Waals surface area contributed by atoms with Crippen LogP contribution in [0.5, 0.6) is 0 Å². The first-order valence-electron chi connectivity index (χ1n) is 7.24. The number of hydrogen-bond donors (Lipinski definition) is 1. The molecule has 1 aliphatic carbocycles. The van der Waals surface area contributed by atoms with Gasteiger partial charge in [0.15, 0.2) is 0 Å². The number of nitrogens with zero attached hydrogens (tertiary/aromatic N) is 1. The molecule has 2 unspecified atom stereocenters. The van der Waals surface area contributed by atoms with Crippen molar-refractivity contribution in [2.24, 2.45) is 5.92 Å². The monoisotopic (exact) mass is 266 g/mol. The van der Waals surface area contributed by atoms with Crippen LogP contribution in [0.1, 0.15) is 39.5 Å². The Kier molecular flexibility index (Phi) is 3.04. The van der Waals surface area contributed by atoms with Crippen molar-refractivity contribution in [2.45, 2.75) is 57.2 Å². The standard InChI is InChI=1S/C14H22N2O3/c1-14(2)13(18)15-11(9-5-6-9)12(17)16(14)8-10-4-3-7-19-10/h9-11H,3-8H2,1-2H3,(H,15,18). The third-order valence-corrected chi connectivity index (χ3v) is 4.55. The lowest BCUT2D eigenvalue weighted by molar-refractivity contribution is -0.157. The molecular weight excluding hydrogens is 244 g/mol. The molecule has 0 aromatic heterocycles. The smallest absolute Gasteiger partial charge is 0.246 e. The second-order valence-electron chi connectivity index (χ2n) is 6.43. The summed E-state index contributed by atoms with van der Waals surface area (Å²) in [5.74, 6) is 0.379. The minimum Gasteiger partial charge on any atom is -0.376 e. The minimum atomic E-state index is -0.769. The van der Waals surface area contributed by atoms with Crippen LogP contribution in [0.3, 0.4) is 0 Å². The first-order chi connectivity index (χ1) is 9.00. The molecule has 2 aliphatic heterocycles. The Labute approximate surface area is 113 Å². The van der Waals surface area contributed by atoms with E-state index in [1.807, 2.05) is 13.8 Å². The van der Waals surface area contributed by atoms with Gasteiger partial charge in [-0.3, -0.25) is 9.59 Å². The van der Waals surface area contributed by atoms with Gasteiger partial charge >= 0.3 is 0 Å². The number of nitrogens with one attached hydrogen (secondary N) is 1. The van der Waals surface area contributed by atoms with Crippen molar-refractivity contribution in [2.75, 3.05) is 13.2 Å². The molecular formula is C14H22N2O3. The summed E-state index contributed by atoms with van der Waals surface area (Å²) in [7, 11) is 0. The van der Waals surface area contributed by atoms with E-state index in [-0.39, 0.29) is 24.0 Å². The Morgan fingerprint density at radius 1 is 1.32 bits per heavy atom. The first-order valence-corrected chi connectivity index (χ1v) is 7.24. The number of carbonyl (C=O) groups is 2. The van der Waals surface area contributed by atoms with Gasteiger partial charge in [-0.1, -0.05) is 0 Å². The van der Waals surface area contributed by atoms with Crippen LogP contribution in [0.2, 0.25) is 0 Å². The van der Waals surface area contributed by atoms with Gasteiger partial charge < -0.3 is 15.0 Å². The molecule has 0 aromatic rings. The van der Waals surface area contributed by atoms with Crippen molar-refractivity contribution >= 4 is 11.8 Å². The second kappa shape index (κ2) is 4.47. The predicted molar refractivity (Wildman–Crippen MR) is 69.4 cm³/mol. The molecule has 19 heavy (non-hydrogen) atoms. The summed E-state index contributed by atoms with van der Waals surface area (Å²) in [6.45, 7) is 4.95. The van der Waals surface area contributed by atoms with E-state index in [1.54, 1.807) is 4.90 Å². The number of hydrogen-bond acceptors (Lipinski definition) is 3. The molecule has 0 radical (unpaired) electrons. The second-order valence-corrected chi connectivity index (χ2v) is 6.43. The van der Waals surface area contributed by atoms with Gasteiger partial charge in [0.1, 0.15) is 11.6 Å². The van der Waals surface area contributed by atoms with E-state index in [9.17, 15) is 9.59 Å². The Hall–Kier alpha value is -1.10. The van der Waals surface area contributed by atoms with Crippen LogP contribution in [0, 0.1) is 5.92 Å². The van der Waals surface area contributed by atoms with E-state index >= 15 is 0 Å². The van der Waals surface area contributed by atoms with Crippen molar-refractivity contribution in [1.82, 2.24) is 10.2 Å². The molecule has 0 spiro atoms. The van der Waals surface area contributed by atoms with Crippen molar-refractivity contribution in [3.05, 3.63) is 0 Å². The maximum Gasteiger partial charge on any atom is 0.246 e. The maximum atomic E-state index is 12.6. The van der Waals surface area contributed by atoms with Gasteiger partial charge in [0.25, 0.3) is 0 Å². The summed E-state index contributed by atoms with van der Waals surface area (Å²) < 4.78 is 5.62. The highest BCUT2D eigenvalue weighted by atomic mass is 16.5. The fraction of sp³-hybridized carbons (Fsp3) is 0.857. The molecule has 0 bridgehead atoms. The molecule has 2 atom stereocenters. The molecule has 1 N–H and O–H groups in total. The van der Waals surface area contributed by atoms with E-state index in [0.717, 1.165) is 32.3 Å². The molecule has 3 aliphatic rings. The zero-order valence-electron chi connectivity index (χ0n) is 11.6. The molecule has 5 heteroatoms. The highest BCUT2D eigenvalue weighted by Crippen LogP contribution is 2.37. The fourth-order valence-electron chi connectivity index (χ4n) is 3.00. The van der Waals surface area contributed by atoms with Crippen LogP contribution in [0.4, 0.5) is 0 Å². The lowest BCUT2D eigenvalue weighted by atomic mass is 9.93. The van der Waals surface area contributed by atoms with Gasteiger partial charge in [0, 0.05) is 13.2 Å². The lowest BCUT2D eigenvalue weighted by Crippen LogP contribution is -2.69. The third kappa shape index (κ3) is 2.24. The van der Waals surface area contributed by atoms with Crippen LogP contribution >= 0.6 is 0 Å². The van der Waals surface area contributed by atoms with E-state index in [2.05, 4.69) is 5.32 Å². The molecule has 0 aromatic carbocycles. The molecule has 5 nitrogen and oxygen atoms in total. The highest BCUT2D eigenvalue weighted by molar-refractivity contribution is 5.99. The van der Waals surface area contributed by atoms with Crippen LogP contribution in [0.25, 0.3) is 0 Å². The molecule has 2 amide bonds. The summed E-state index contributed by atoms with van der Waals surface area (Å²) in [6, 6.07) is -0.304. The van der Waals surface area contributed by atoms with Gasteiger partial charge in [-0.15, -0.1) is 0 Å². The van der Waals surface area contributed by atoms with Gasteiger partial charge in [0.2, 0.25) is 11.8 Å². The van der Waals surface area contributed by atoms with Crippen LogP contribution in [0.15, 0.2) is 0 Å². The summed E-state index contributed by atoms with van der Waals surface area (Å²) in [5.41, 5.74) is -0.769. The first kappa shape index (κ1) is 12.9. The van der Waals surface area contributed by atoms with E-state index in [1.165, 1.54) is 0 Å². The summed E-state index contributed by atoms with van der Waals surface area (Å²) in [6.07, 6.45) is 4.21. The number of piperazine rings is 1. The Morgan fingerprint density at radius 3 is 2.63 bits per heavy atom. The molecule has 3 fully saturated rings. The van der Waals surface area contributed by atoms with Gasteiger partial charge in [-0.05, 0) is 45.4 Å². The zero-order valence-corrected chi connectivity index (χ0v) is 11.6. The van der Waals surface area contributed by atoms with Crippen molar-refractivity contribution in [1.29, 1.82) is 0 Å². The molecule has 1 saturated carbocycles. The minimum absolute atomic E-state index is 0.0398. The van der Waals surface area contributed by atoms with Gasteiger partial charge in [-0.25, -0.2) is 0 Å². The van der Waals surface area contributed by atoms with Crippen LogP contribution in [-0.2, 0) is 14.3 Å². The number of carbonyl (C=O) groups excluding carboxylic acids is 2. The van der Waals surface area contributed by atoms with Crippen molar-refractivity contribution in [3.63, 3.8) is 0 Å². The van der Waals surface area contributed by atoms with Crippen molar-refractivity contribution < 1.29 is 14.3 Å². The fourth-order valence-corrected chi connectivity index (χ4v) is 3.00. The quantitative estimate of drug-likeness (QED) is 0.817. The molecule has 2 heterocycles. The number of rotatable bonds is 3. The third-order valence-electron chi connectivity index (χ3n) is 4.55. The van der Waals surface area contributed by atoms with E-state index in [4.69, 9.17) is 4.74 Å². The number of amides is 2. The topological polar surface area (TPSA) is 58.6 Å². The summed E-state index contributed by atoms with van der Waals surface area (Å²) in [5, 5.41) is 2.90. The van der Waals surface area contributed by atoms with E-state index < -0.39 is 5.54 Å². The van der Waals surface area contributed by atoms with Gasteiger partial charge in [0.05, 0.1) is 6.10 Å². The Balaban J connectivity index is 1.78. The molecule has 2 saturated heterocycles. The maximum absolute atomic E-state index is 12.6. The normalized spacial score (nSPS) is 34.5. The zero-order chi connectivity index (χ0) is 13.6. The average molecular weight is 266 g/mol. The average Bonchev–Trinajstić information content (AvgIpc) is 3.07. The number of ether oxygens (including phenoxy) is 1. The Bertz CT molecular complexity index is 397. The van der Waals surface area contributed by atoms with E-state index in [0.29, 0.717) is 12.5 Å². The van der Waals surface area contributed by atoms with Gasteiger partial charge in [-0.2, -0.15) is 0 Å². The largest absolute Gasteiger partial charge is 0.376 e. The molecule has 106 valence electrons. The van der Waals surface area contributed by atoms with Crippen molar-refractivity contribution in [3.8, 4) is 0 Å². The summed E-state index contributed by atoms with van der Waals surface area (Å²) in [4.78, 5) is 26.6. The SMILES string of the molecule is CC1(C)C(=O)NC(C2CC2)C(=O)N1CC1CCCO1. The Morgan fingerprint density at radius 2 is 2.05 bits per heavy atom. The lowest BCUT2D eigenvalue weighted by Gasteiger charge is -2.45. The molecule has 3 rings (SSSR count). The van der Waals surface area contributed by atoms with Crippen LogP contribution in [-0.4, -0.2) is 47.6 Å². The highest BCUT2D eigenvalue weighted by Gasteiger charge is 2.51. The van der Waals surface area contributed by atoms with Crippen LogP contribution < -0.4 is 5.32 Å².